The van der Waals surface area contributed by atoms with Crippen LogP contribution in [0.25, 0.3) is 0 Å². The molecule has 0 unspecified atom stereocenters. The lowest BCUT2D eigenvalue weighted by molar-refractivity contribution is 0.121. The van der Waals surface area contributed by atoms with Crippen LogP contribution in [0.5, 0.6) is 0 Å². The second-order valence-corrected chi connectivity index (χ2v) is 3.05. The van der Waals surface area contributed by atoms with E-state index in [0.29, 0.717) is 6.04 Å². The molecule has 1 saturated heterocycles. The Labute approximate surface area is 68.5 Å². The first-order valence-electron chi connectivity index (χ1n) is 4.38. The number of hydrogen-bond donors (Lipinski definition) is 1. The van der Waals surface area contributed by atoms with Crippen LogP contribution in [0.15, 0.2) is 0 Å². The Morgan fingerprint density at radius 2 is 2.45 bits per heavy atom. The van der Waals surface area contributed by atoms with E-state index < -0.39 is 0 Å². The van der Waals surface area contributed by atoms with Gasteiger partial charge in [0.2, 0.25) is 0 Å². The summed E-state index contributed by atoms with van der Waals surface area (Å²) in [4.78, 5) is 2.36. The van der Waals surface area contributed by atoms with Gasteiger partial charge in [-0.05, 0) is 19.9 Å². The van der Waals surface area contributed by atoms with Crippen LogP contribution in [0.2, 0.25) is 0 Å². The SMILES string of the molecule is CCOCCN1CC[C@H](N)C1. The highest BCUT2D eigenvalue weighted by molar-refractivity contribution is 4.77. The van der Waals surface area contributed by atoms with Crippen molar-refractivity contribution in [2.24, 2.45) is 5.73 Å². The fourth-order valence-corrected chi connectivity index (χ4v) is 1.40. The second kappa shape index (κ2) is 4.70. The zero-order valence-corrected chi connectivity index (χ0v) is 7.25. The molecule has 0 radical (unpaired) electrons. The van der Waals surface area contributed by atoms with Crippen molar-refractivity contribution < 1.29 is 4.74 Å². The lowest BCUT2D eigenvalue weighted by atomic mass is 10.3. The van der Waals surface area contributed by atoms with E-state index in [4.69, 9.17) is 10.5 Å². The molecule has 0 aromatic carbocycles. The quantitative estimate of drug-likeness (QED) is 0.588. The Bertz CT molecular complexity index is 108. The van der Waals surface area contributed by atoms with Gasteiger partial charge in [-0.15, -0.1) is 0 Å². The topological polar surface area (TPSA) is 38.5 Å². The minimum Gasteiger partial charge on any atom is -0.380 e. The van der Waals surface area contributed by atoms with Gasteiger partial charge in [-0.1, -0.05) is 0 Å². The van der Waals surface area contributed by atoms with Gasteiger partial charge in [0.05, 0.1) is 6.61 Å². The van der Waals surface area contributed by atoms with E-state index in [-0.39, 0.29) is 0 Å². The van der Waals surface area contributed by atoms with Crippen LogP contribution in [-0.2, 0) is 4.74 Å². The average molecular weight is 158 g/mol. The molecule has 0 amide bonds. The fourth-order valence-electron chi connectivity index (χ4n) is 1.40. The first kappa shape index (κ1) is 8.97. The van der Waals surface area contributed by atoms with Crippen LogP contribution in [0.3, 0.4) is 0 Å². The van der Waals surface area contributed by atoms with Crippen molar-refractivity contribution in [3.05, 3.63) is 0 Å². The zero-order valence-electron chi connectivity index (χ0n) is 7.25. The Hall–Kier alpha value is -0.120. The Balaban J connectivity index is 1.99. The summed E-state index contributed by atoms with van der Waals surface area (Å²) in [5.74, 6) is 0. The van der Waals surface area contributed by atoms with Crippen molar-refractivity contribution in [2.45, 2.75) is 19.4 Å². The summed E-state index contributed by atoms with van der Waals surface area (Å²) in [5, 5.41) is 0. The third kappa shape index (κ3) is 3.18. The van der Waals surface area contributed by atoms with Gasteiger partial charge in [-0.2, -0.15) is 0 Å². The summed E-state index contributed by atoms with van der Waals surface area (Å²) in [6.45, 7) is 6.93. The molecule has 2 N–H and O–H groups in total. The lowest BCUT2D eigenvalue weighted by Gasteiger charge is -2.14. The molecule has 0 aromatic rings. The molecule has 11 heavy (non-hydrogen) atoms. The summed E-state index contributed by atoms with van der Waals surface area (Å²) in [6.07, 6.45) is 1.14. The van der Waals surface area contributed by atoms with E-state index >= 15 is 0 Å². The molecule has 1 aliphatic rings. The zero-order chi connectivity index (χ0) is 8.10. The molecule has 1 fully saturated rings. The van der Waals surface area contributed by atoms with Crippen LogP contribution in [0.4, 0.5) is 0 Å². The van der Waals surface area contributed by atoms with E-state index in [2.05, 4.69) is 4.90 Å². The Morgan fingerprint density at radius 3 is 3.00 bits per heavy atom. The highest BCUT2D eigenvalue weighted by atomic mass is 16.5. The molecule has 0 spiro atoms. The van der Waals surface area contributed by atoms with E-state index in [1.54, 1.807) is 0 Å². The van der Waals surface area contributed by atoms with Crippen LogP contribution in [0.1, 0.15) is 13.3 Å². The molecule has 3 heteroatoms. The number of ether oxygens (including phenoxy) is 1. The van der Waals surface area contributed by atoms with E-state index in [9.17, 15) is 0 Å². The molecule has 1 heterocycles. The molecule has 1 atom stereocenters. The van der Waals surface area contributed by atoms with Gasteiger partial charge < -0.3 is 10.5 Å². The van der Waals surface area contributed by atoms with Gasteiger partial charge in [0.15, 0.2) is 0 Å². The van der Waals surface area contributed by atoms with Gasteiger partial charge in [0.25, 0.3) is 0 Å². The summed E-state index contributed by atoms with van der Waals surface area (Å²) >= 11 is 0. The van der Waals surface area contributed by atoms with Crippen molar-refractivity contribution in [3.8, 4) is 0 Å². The largest absolute Gasteiger partial charge is 0.380 e. The Kier molecular flexibility index (Phi) is 3.83. The third-order valence-electron chi connectivity index (χ3n) is 2.06. The number of nitrogens with zero attached hydrogens (tertiary/aromatic N) is 1. The average Bonchev–Trinajstić information content (AvgIpc) is 2.37. The molecule has 1 aliphatic heterocycles. The molecule has 0 saturated carbocycles. The van der Waals surface area contributed by atoms with Crippen LogP contribution >= 0.6 is 0 Å². The first-order chi connectivity index (χ1) is 5.33. The number of rotatable bonds is 4. The standard InChI is InChI=1S/C8H18N2O/c1-2-11-6-5-10-4-3-8(9)7-10/h8H,2-7,9H2,1H3/t8-/m0/s1. The summed E-state index contributed by atoms with van der Waals surface area (Å²) in [6, 6.07) is 0.400. The maximum atomic E-state index is 5.75. The lowest BCUT2D eigenvalue weighted by Crippen LogP contribution is -2.29. The predicted molar refractivity (Wildman–Crippen MR) is 45.5 cm³/mol. The monoisotopic (exact) mass is 158 g/mol. The van der Waals surface area contributed by atoms with Crippen molar-refractivity contribution in [1.82, 2.24) is 4.90 Å². The summed E-state index contributed by atoms with van der Waals surface area (Å²) in [7, 11) is 0. The first-order valence-corrected chi connectivity index (χ1v) is 4.38. The van der Waals surface area contributed by atoms with Crippen molar-refractivity contribution in [3.63, 3.8) is 0 Å². The van der Waals surface area contributed by atoms with Crippen molar-refractivity contribution in [2.75, 3.05) is 32.8 Å². The molecule has 0 aromatic heterocycles. The molecular weight excluding hydrogens is 140 g/mol. The number of hydrogen-bond acceptors (Lipinski definition) is 3. The van der Waals surface area contributed by atoms with E-state index in [0.717, 1.165) is 39.3 Å². The predicted octanol–water partition coefficient (Wildman–Crippen LogP) is 0.0559. The molecular formula is C8H18N2O. The van der Waals surface area contributed by atoms with E-state index in [1.807, 2.05) is 6.92 Å². The van der Waals surface area contributed by atoms with Gasteiger partial charge in [-0.3, -0.25) is 4.90 Å². The van der Waals surface area contributed by atoms with Crippen LogP contribution in [-0.4, -0.2) is 43.8 Å². The molecule has 0 aliphatic carbocycles. The fraction of sp³-hybridized carbons (Fsp3) is 1.00. The maximum Gasteiger partial charge on any atom is 0.0593 e. The van der Waals surface area contributed by atoms with Gasteiger partial charge in [0.1, 0.15) is 0 Å². The van der Waals surface area contributed by atoms with E-state index in [1.165, 1.54) is 0 Å². The van der Waals surface area contributed by atoms with Gasteiger partial charge >= 0.3 is 0 Å². The third-order valence-corrected chi connectivity index (χ3v) is 2.06. The smallest absolute Gasteiger partial charge is 0.0593 e. The normalized spacial score (nSPS) is 26.2. The minimum atomic E-state index is 0.400. The van der Waals surface area contributed by atoms with Gasteiger partial charge in [0, 0.05) is 25.7 Å². The Morgan fingerprint density at radius 1 is 1.64 bits per heavy atom. The maximum absolute atomic E-state index is 5.75. The number of nitrogens with two attached hydrogens (primary N) is 1. The highest BCUT2D eigenvalue weighted by Gasteiger charge is 2.17. The molecule has 0 bridgehead atoms. The van der Waals surface area contributed by atoms with Crippen molar-refractivity contribution >= 4 is 0 Å². The highest BCUT2D eigenvalue weighted by Crippen LogP contribution is 2.05. The summed E-state index contributed by atoms with van der Waals surface area (Å²) in [5.41, 5.74) is 5.75. The molecule has 1 rings (SSSR count). The molecule has 66 valence electrons. The van der Waals surface area contributed by atoms with Crippen molar-refractivity contribution in [1.29, 1.82) is 0 Å². The van der Waals surface area contributed by atoms with Gasteiger partial charge in [-0.25, -0.2) is 0 Å². The van der Waals surface area contributed by atoms with Crippen LogP contribution in [0, 0.1) is 0 Å². The summed E-state index contributed by atoms with van der Waals surface area (Å²) < 4.78 is 5.25. The van der Waals surface area contributed by atoms with Crippen LogP contribution < -0.4 is 5.73 Å². The minimum absolute atomic E-state index is 0.400. The molecule has 3 nitrogen and oxygen atoms in total. The number of likely N-dealkylation sites (tertiary alicyclic amines) is 1. The second-order valence-electron chi connectivity index (χ2n) is 3.05.